The van der Waals surface area contributed by atoms with Crippen LogP contribution in [0.4, 0.5) is 4.79 Å². The summed E-state index contributed by atoms with van der Waals surface area (Å²) in [7, 11) is -0.933. The van der Waals surface area contributed by atoms with E-state index < -0.39 is 28.3 Å². The third-order valence-electron chi connectivity index (χ3n) is 3.83. The zero-order valence-corrected chi connectivity index (χ0v) is 12.9. The second-order valence-electron chi connectivity index (χ2n) is 5.38. The van der Waals surface area contributed by atoms with Gasteiger partial charge in [0, 0.05) is 28.9 Å². The number of amides is 2. The average Bonchev–Trinajstić information content (AvgIpc) is 2.41. The lowest BCUT2D eigenvalue weighted by Gasteiger charge is -2.36. The summed E-state index contributed by atoms with van der Waals surface area (Å²) in [4.78, 5) is 23.2. The number of urea groups is 1. The summed E-state index contributed by atoms with van der Waals surface area (Å²) in [6.45, 7) is 4.20. The molecule has 1 atom stereocenters. The van der Waals surface area contributed by atoms with Crippen molar-refractivity contribution in [1.29, 1.82) is 0 Å². The number of carboxylic acids is 1. The molecule has 1 aliphatic rings. The lowest BCUT2D eigenvalue weighted by molar-refractivity contribution is -0.146. The summed E-state index contributed by atoms with van der Waals surface area (Å²) in [6.07, 6.45) is 2.51. The molecule has 1 aliphatic carbocycles. The molecule has 1 unspecified atom stereocenters. The van der Waals surface area contributed by atoms with Crippen LogP contribution in [0.15, 0.2) is 0 Å². The summed E-state index contributed by atoms with van der Waals surface area (Å²) >= 11 is 0. The van der Waals surface area contributed by atoms with Crippen molar-refractivity contribution in [2.24, 2.45) is 5.92 Å². The summed E-state index contributed by atoms with van der Waals surface area (Å²) < 4.78 is 11.2. The first kappa shape index (κ1) is 16.9. The Labute approximate surface area is 122 Å². The fourth-order valence-corrected chi connectivity index (χ4v) is 2.95. The maximum absolute atomic E-state index is 11.8. The molecule has 2 amide bonds. The van der Waals surface area contributed by atoms with Gasteiger partial charge in [0.2, 0.25) is 0 Å². The van der Waals surface area contributed by atoms with Crippen molar-refractivity contribution >= 4 is 22.8 Å². The standard InChI is InChI=1S/C13H24N2O4S/c1-3-20(19)9-8-14-12(18)15-13(11(16)17)6-4-10(2)5-7-13/h10H,3-9H2,1-2H3,(H,16,17)(H2,14,15,18). The summed E-state index contributed by atoms with van der Waals surface area (Å²) in [5.41, 5.74) is -1.15. The van der Waals surface area contributed by atoms with Crippen molar-refractivity contribution in [3.05, 3.63) is 0 Å². The van der Waals surface area contributed by atoms with E-state index in [1.807, 2.05) is 6.92 Å². The van der Waals surface area contributed by atoms with Crippen molar-refractivity contribution in [3.8, 4) is 0 Å². The maximum atomic E-state index is 11.8. The predicted molar refractivity (Wildman–Crippen MR) is 78.1 cm³/mol. The fraction of sp³-hybridized carbons (Fsp3) is 0.846. The van der Waals surface area contributed by atoms with Gasteiger partial charge in [0.05, 0.1) is 0 Å². The second kappa shape index (κ2) is 7.61. The molecule has 20 heavy (non-hydrogen) atoms. The summed E-state index contributed by atoms with van der Waals surface area (Å²) in [5.74, 6) is 0.470. The minimum atomic E-state index is -1.15. The Morgan fingerprint density at radius 2 is 1.95 bits per heavy atom. The summed E-state index contributed by atoms with van der Waals surface area (Å²) in [6, 6.07) is -0.491. The highest BCUT2D eigenvalue weighted by atomic mass is 32.2. The number of hydrogen-bond acceptors (Lipinski definition) is 3. The Hall–Kier alpha value is -1.11. The molecule has 1 rings (SSSR count). The highest BCUT2D eigenvalue weighted by Crippen LogP contribution is 2.32. The van der Waals surface area contributed by atoms with Crippen molar-refractivity contribution in [2.45, 2.75) is 45.1 Å². The molecule has 0 heterocycles. The SMILES string of the molecule is CCS(=O)CCNC(=O)NC1(C(=O)O)CCC(C)CC1. The number of hydrogen-bond donors (Lipinski definition) is 3. The maximum Gasteiger partial charge on any atom is 0.329 e. The van der Waals surface area contributed by atoms with E-state index in [1.54, 1.807) is 0 Å². The van der Waals surface area contributed by atoms with Crippen molar-refractivity contribution in [1.82, 2.24) is 10.6 Å². The average molecular weight is 304 g/mol. The predicted octanol–water partition coefficient (Wildman–Crippen LogP) is 1.09. The van der Waals surface area contributed by atoms with Crippen LogP contribution in [0.25, 0.3) is 0 Å². The largest absolute Gasteiger partial charge is 0.480 e. The smallest absolute Gasteiger partial charge is 0.329 e. The highest BCUT2D eigenvalue weighted by molar-refractivity contribution is 7.84. The lowest BCUT2D eigenvalue weighted by Crippen LogP contribution is -2.58. The Morgan fingerprint density at radius 3 is 2.45 bits per heavy atom. The van der Waals surface area contributed by atoms with Crippen LogP contribution in [0.1, 0.15) is 39.5 Å². The van der Waals surface area contributed by atoms with Gasteiger partial charge in [0.1, 0.15) is 5.54 Å². The van der Waals surface area contributed by atoms with E-state index in [0.717, 1.165) is 12.8 Å². The number of carbonyl (C=O) groups excluding carboxylic acids is 1. The van der Waals surface area contributed by atoms with Gasteiger partial charge >= 0.3 is 12.0 Å². The monoisotopic (exact) mass is 304 g/mol. The normalized spacial score (nSPS) is 27.6. The van der Waals surface area contributed by atoms with Crippen LogP contribution in [0, 0.1) is 5.92 Å². The molecule has 0 saturated heterocycles. The van der Waals surface area contributed by atoms with Crippen LogP contribution < -0.4 is 10.6 Å². The van der Waals surface area contributed by atoms with Gasteiger partial charge in [-0.15, -0.1) is 0 Å². The number of rotatable bonds is 6. The molecule has 0 bridgehead atoms. The number of aliphatic carboxylic acids is 1. The summed E-state index contributed by atoms with van der Waals surface area (Å²) in [5, 5.41) is 14.6. The molecule has 7 heteroatoms. The van der Waals surface area contributed by atoms with Crippen LogP contribution in [-0.4, -0.2) is 44.9 Å². The zero-order valence-electron chi connectivity index (χ0n) is 12.1. The van der Waals surface area contributed by atoms with Crippen LogP contribution in [-0.2, 0) is 15.6 Å². The molecule has 0 aromatic heterocycles. The highest BCUT2D eigenvalue weighted by Gasteiger charge is 2.42. The molecule has 1 saturated carbocycles. The van der Waals surface area contributed by atoms with Gasteiger partial charge in [-0.25, -0.2) is 9.59 Å². The van der Waals surface area contributed by atoms with Gasteiger partial charge in [0.25, 0.3) is 0 Å². The van der Waals surface area contributed by atoms with Crippen molar-refractivity contribution in [2.75, 3.05) is 18.1 Å². The van der Waals surface area contributed by atoms with E-state index >= 15 is 0 Å². The molecular formula is C13H24N2O4S. The van der Waals surface area contributed by atoms with Crippen LogP contribution in [0.2, 0.25) is 0 Å². The van der Waals surface area contributed by atoms with E-state index in [4.69, 9.17) is 0 Å². The Balaban J connectivity index is 2.48. The van der Waals surface area contributed by atoms with Gasteiger partial charge < -0.3 is 15.7 Å². The van der Waals surface area contributed by atoms with E-state index in [0.29, 0.717) is 36.8 Å². The lowest BCUT2D eigenvalue weighted by atomic mass is 9.77. The van der Waals surface area contributed by atoms with Crippen LogP contribution in [0.3, 0.4) is 0 Å². The van der Waals surface area contributed by atoms with E-state index in [2.05, 4.69) is 17.6 Å². The van der Waals surface area contributed by atoms with Crippen molar-refractivity contribution < 1.29 is 18.9 Å². The van der Waals surface area contributed by atoms with Gasteiger partial charge in [0.15, 0.2) is 0 Å². The zero-order chi connectivity index (χ0) is 15.2. The van der Waals surface area contributed by atoms with Crippen molar-refractivity contribution in [3.63, 3.8) is 0 Å². The van der Waals surface area contributed by atoms with Crippen LogP contribution in [0.5, 0.6) is 0 Å². The topological polar surface area (TPSA) is 95.5 Å². The Bertz CT molecular complexity index is 379. The Morgan fingerprint density at radius 1 is 1.35 bits per heavy atom. The second-order valence-corrected chi connectivity index (χ2v) is 7.25. The quantitative estimate of drug-likeness (QED) is 0.684. The van der Waals surface area contributed by atoms with Gasteiger partial charge in [-0.1, -0.05) is 13.8 Å². The molecule has 3 N–H and O–H groups in total. The third kappa shape index (κ3) is 4.77. The van der Waals surface area contributed by atoms with Crippen LogP contribution >= 0.6 is 0 Å². The Kier molecular flexibility index (Phi) is 6.45. The third-order valence-corrected chi connectivity index (χ3v) is 5.13. The number of carboxylic acid groups (broad SMARTS) is 1. The first-order valence-electron chi connectivity index (χ1n) is 7.04. The number of carbonyl (C=O) groups is 2. The molecule has 0 aromatic rings. The van der Waals surface area contributed by atoms with E-state index in [-0.39, 0.29) is 0 Å². The minimum Gasteiger partial charge on any atom is -0.480 e. The molecule has 6 nitrogen and oxygen atoms in total. The molecule has 0 aliphatic heterocycles. The first-order chi connectivity index (χ1) is 9.39. The fourth-order valence-electron chi connectivity index (χ4n) is 2.33. The molecule has 1 fully saturated rings. The molecular weight excluding hydrogens is 280 g/mol. The molecule has 0 spiro atoms. The van der Waals surface area contributed by atoms with Gasteiger partial charge in [-0.2, -0.15) is 0 Å². The molecule has 0 radical (unpaired) electrons. The van der Waals surface area contributed by atoms with Gasteiger partial charge in [-0.05, 0) is 31.6 Å². The molecule has 0 aromatic carbocycles. The molecule has 116 valence electrons. The first-order valence-corrected chi connectivity index (χ1v) is 8.53. The van der Waals surface area contributed by atoms with E-state index in [9.17, 15) is 18.9 Å². The van der Waals surface area contributed by atoms with E-state index in [1.165, 1.54) is 0 Å². The van der Waals surface area contributed by atoms with Gasteiger partial charge in [-0.3, -0.25) is 4.21 Å². The minimum absolute atomic E-state index is 0.290. The number of nitrogens with one attached hydrogen (secondary N) is 2.